The fourth-order valence-corrected chi connectivity index (χ4v) is 4.02. The Hall–Kier alpha value is -1.27. The van der Waals surface area contributed by atoms with Crippen LogP contribution in [-0.4, -0.2) is 34.2 Å². The number of aliphatic imine (C=N–C) groups is 1. The van der Waals surface area contributed by atoms with Crippen LogP contribution in [0.15, 0.2) is 27.4 Å². The van der Waals surface area contributed by atoms with Crippen molar-refractivity contribution in [1.29, 1.82) is 0 Å². The minimum absolute atomic E-state index is 0.0768. The molecule has 1 aromatic rings. The number of carbonyl (C=O) groups is 1. The van der Waals surface area contributed by atoms with Crippen molar-refractivity contribution in [1.82, 2.24) is 4.90 Å². The van der Waals surface area contributed by atoms with Crippen molar-refractivity contribution >= 4 is 39.9 Å². The van der Waals surface area contributed by atoms with Crippen LogP contribution in [0, 0.1) is 0 Å². The fraction of sp³-hybridized carbons (Fsp3) is 0.273. The maximum absolute atomic E-state index is 10.9. The summed E-state index contributed by atoms with van der Waals surface area (Å²) in [6.07, 6.45) is 0.0768. The van der Waals surface area contributed by atoms with Crippen LogP contribution in [0.3, 0.4) is 0 Å². The third-order valence-electron chi connectivity index (χ3n) is 2.62. The summed E-state index contributed by atoms with van der Waals surface area (Å²) < 4.78 is 0. The quantitative estimate of drug-likeness (QED) is 0.912. The largest absolute Gasteiger partial charge is 0.481 e. The lowest BCUT2D eigenvalue weighted by atomic mass is 10.2. The Kier molecular flexibility index (Phi) is 2.68. The molecule has 2 aliphatic heterocycles. The molecule has 3 heterocycles. The van der Waals surface area contributed by atoms with Gasteiger partial charge in [0, 0.05) is 11.4 Å². The summed E-state index contributed by atoms with van der Waals surface area (Å²) in [6.45, 7) is 1.66. The Balaban J connectivity index is 2.02. The lowest BCUT2D eigenvalue weighted by Gasteiger charge is -2.15. The second-order valence-electron chi connectivity index (χ2n) is 3.74. The van der Waals surface area contributed by atoms with Crippen LogP contribution in [0.5, 0.6) is 0 Å². The predicted molar refractivity (Wildman–Crippen MR) is 70.1 cm³/mol. The molecule has 3 rings (SSSR count). The summed E-state index contributed by atoms with van der Waals surface area (Å²) in [4.78, 5) is 19.4. The van der Waals surface area contributed by atoms with Crippen LogP contribution < -0.4 is 0 Å². The molecule has 0 saturated heterocycles. The monoisotopic (exact) mass is 266 g/mol. The van der Waals surface area contributed by atoms with E-state index in [1.807, 2.05) is 17.5 Å². The van der Waals surface area contributed by atoms with Gasteiger partial charge in [0.1, 0.15) is 0 Å². The second-order valence-corrected chi connectivity index (χ2v) is 5.75. The third kappa shape index (κ3) is 1.87. The van der Waals surface area contributed by atoms with Gasteiger partial charge in [-0.3, -0.25) is 9.79 Å². The second kappa shape index (κ2) is 4.19. The number of thiophene rings is 1. The van der Waals surface area contributed by atoms with Crippen LogP contribution in [0.25, 0.3) is 5.70 Å². The van der Waals surface area contributed by atoms with Crippen LogP contribution in [0.4, 0.5) is 0 Å². The third-order valence-corrected chi connectivity index (χ3v) is 4.61. The molecule has 0 bridgehead atoms. The number of hydrogen-bond donors (Lipinski definition) is 1. The van der Waals surface area contributed by atoms with E-state index in [1.54, 1.807) is 11.3 Å². The number of fused-ring (bicyclic) bond motifs is 1. The van der Waals surface area contributed by atoms with E-state index in [-0.39, 0.29) is 6.42 Å². The van der Waals surface area contributed by atoms with Crippen LogP contribution in [0.1, 0.15) is 11.3 Å². The first-order chi connectivity index (χ1) is 8.25. The highest BCUT2D eigenvalue weighted by Crippen LogP contribution is 2.44. The summed E-state index contributed by atoms with van der Waals surface area (Å²) in [5, 5.41) is 11.9. The van der Waals surface area contributed by atoms with E-state index in [1.165, 1.54) is 11.8 Å². The molecule has 6 heteroatoms. The van der Waals surface area contributed by atoms with Gasteiger partial charge in [-0.2, -0.15) is 0 Å². The molecule has 0 atom stereocenters. The standard InChI is InChI=1S/C11H10N2O2S2/c14-9(15)6-8-10(7-2-1-5-16-7)13-4-3-12-11(13)17-8/h1-2,5H,3-4,6H2,(H,14,15). The van der Waals surface area contributed by atoms with E-state index in [0.717, 1.165) is 33.7 Å². The molecular weight excluding hydrogens is 256 g/mol. The fourth-order valence-electron chi connectivity index (χ4n) is 1.97. The first kappa shape index (κ1) is 10.9. The van der Waals surface area contributed by atoms with E-state index < -0.39 is 5.97 Å². The van der Waals surface area contributed by atoms with Gasteiger partial charge < -0.3 is 10.0 Å². The summed E-state index contributed by atoms with van der Waals surface area (Å²) in [7, 11) is 0. The highest BCUT2D eigenvalue weighted by atomic mass is 32.2. The van der Waals surface area contributed by atoms with E-state index in [9.17, 15) is 4.79 Å². The van der Waals surface area contributed by atoms with Crippen LogP contribution in [-0.2, 0) is 4.79 Å². The van der Waals surface area contributed by atoms with Gasteiger partial charge in [0.25, 0.3) is 0 Å². The van der Waals surface area contributed by atoms with E-state index in [0.29, 0.717) is 0 Å². The average Bonchev–Trinajstić information content (AvgIpc) is 2.90. The Morgan fingerprint density at radius 3 is 3.18 bits per heavy atom. The SMILES string of the molecule is O=C(O)CC1=C(c2cccs2)N2CCN=C2S1. The number of nitrogens with zero attached hydrogens (tertiary/aromatic N) is 2. The molecule has 2 aliphatic rings. The molecule has 0 aliphatic carbocycles. The molecule has 1 N–H and O–H groups in total. The number of thioether (sulfide) groups is 1. The first-order valence-electron chi connectivity index (χ1n) is 5.24. The highest BCUT2D eigenvalue weighted by Gasteiger charge is 2.33. The molecule has 88 valence electrons. The summed E-state index contributed by atoms with van der Waals surface area (Å²) in [5.41, 5.74) is 1.05. The Morgan fingerprint density at radius 1 is 1.59 bits per heavy atom. The zero-order chi connectivity index (χ0) is 11.8. The van der Waals surface area contributed by atoms with Crippen molar-refractivity contribution in [3.63, 3.8) is 0 Å². The zero-order valence-electron chi connectivity index (χ0n) is 8.92. The molecule has 0 spiro atoms. The van der Waals surface area contributed by atoms with E-state index in [4.69, 9.17) is 5.11 Å². The molecule has 1 aromatic heterocycles. The normalized spacial score (nSPS) is 18.6. The van der Waals surface area contributed by atoms with Crippen molar-refractivity contribution in [2.24, 2.45) is 4.99 Å². The van der Waals surface area contributed by atoms with Gasteiger partial charge >= 0.3 is 5.97 Å². The average molecular weight is 266 g/mol. The van der Waals surface area contributed by atoms with Gasteiger partial charge in [-0.15, -0.1) is 11.3 Å². The van der Waals surface area contributed by atoms with Crippen LogP contribution >= 0.6 is 23.1 Å². The first-order valence-corrected chi connectivity index (χ1v) is 6.94. The van der Waals surface area contributed by atoms with Gasteiger partial charge in [0.05, 0.1) is 23.5 Å². The van der Waals surface area contributed by atoms with Gasteiger partial charge in [-0.05, 0) is 11.4 Å². The van der Waals surface area contributed by atoms with Crippen molar-refractivity contribution in [2.75, 3.05) is 13.1 Å². The summed E-state index contributed by atoms with van der Waals surface area (Å²) >= 11 is 3.14. The number of hydrogen-bond acceptors (Lipinski definition) is 5. The van der Waals surface area contributed by atoms with Gasteiger partial charge in [0.2, 0.25) is 0 Å². The number of aliphatic carboxylic acids is 1. The minimum Gasteiger partial charge on any atom is -0.481 e. The Morgan fingerprint density at radius 2 is 2.47 bits per heavy atom. The smallest absolute Gasteiger partial charge is 0.308 e. The highest BCUT2D eigenvalue weighted by molar-refractivity contribution is 8.17. The molecule has 4 nitrogen and oxygen atoms in total. The maximum Gasteiger partial charge on any atom is 0.308 e. The molecule has 0 aromatic carbocycles. The van der Waals surface area contributed by atoms with E-state index in [2.05, 4.69) is 9.89 Å². The van der Waals surface area contributed by atoms with Crippen molar-refractivity contribution in [2.45, 2.75) is 6.42 Å². The van der Waals surface area contributed by atoms with Crippen LogP contribution in [0.2, 0.25) is 0 Å². The number of carboxylic acids is 1. The molecule has 0 radical (unpaired) electrons. The van der Waals surface area contributed by atoms with Gasteiger partial charge in [-0.1, -0.05) is 17.8 Å². The molecule has 17 heavy (non-hydrogen) atoms. The predicted octanol–water partition coefficient (Wildman–Crippen LogP) is 2.31. The van der Waals surface area contributed by atoms with Gasteiger partial charge in [0.15, 0.2) is 5.17 Å². The molecule has 0 unspecified atom stereocenters. The molecule has 0 amide bonds. The molecule has 0 saturated carbocycles. The number of rotatable bonds is 3. The van der Waals surface area contributed by atoms with Crippen molar-refractivity contribution in [3.05, 3.63) is 27.3 Å². The van der Waals surface area contributed by atoms with Crippen molar-refractivity contribution < 1.29 is 9.90 Å². The molecular formula is C11H10N2O2S2. The lowest BCUT2D eigenvalue weighted by molar-refractivity contribution is -0.136. The number of amidine groups is 1. The summed E-state index contributed by atoms with van der Waals surface area (Å²) in [6, 6.07) is 4.02. The molecule has 0 fully saturated rings. The Bertz CT molecular complexity index is 520. The van der Waals surface area contributed by atoms with E-state index >= 15 is 0 Å². The maximum atomic E-state index is 10.9. The number of carboxylic acid groups (broad SMARTS) is 1. The Labute approximate surface area is 107 Å². The zero-order valence-corrected chi connectivity index (χ0v) is 10.6. The topological polar surface area (TPSA) is 52.9 Å². The van der Waals surface area contributed by atoms with Gasteiger partial charge in [-0.25, -0.2) is 0 Å². The minimum atomic E-state index is -0.789. The summed E-state index contributed by atoms with van der Waals surface area (Å²) in [5.74, 6) is -0.789. The lowest BCUT2D eigenvalue weighted by Crippen LogP contribution is -2.19. The van der Waals surface area contributed by atoms with Crippen molar-refractivity contribution in [3.8, 4) is 0 Å².